The maximum absolute atomic E-state index is 10.2. The maximum Gasteiger partial charge on any atom is 0.142 e. The van der Waals surface area contributed by atoms with Gasteiger partial charge in [0.05, 0.1) is 16.8 Å². The minimum Gasteiger partial charge on any atom is -0.299 e. The molecule has 0 aliphatic carbocycles. The molecule has 2 heterocycles. The van der Waals surface area contributed by atoms with Crippen molar-refractivity contribution < 1.29 is 4.79 Å². The molecule has 0 saturated carbocycles. The van der Waals surface area contributed by atoms with E-state index in [4.69, 9.17) is 0 Å². The summed E-state index contributed by atoms with van der Waals surface area (Å²) in [6.45, 7) is 0. The van der Waals surface area contributed by atoms with Crippen molar-refractivity contribution in [3.8, 4) is 10.6 Å². The van der Waals surface area contributed by atoms with Crippen LogP contribution in [0.25, 0.3) is 16.6 Å². The average Bonchev–Trinajstić information content (AvgIpc) is 2.76. The molecule has 2 aromatic heterocycles. The largest absolute Gasteiger partial charge is 0.299 e. The van der Waals surface area contributed by atoms with Crippen LogP contribution in [0, 0.1) is 0 Å². The molecule has 0 aromatic carbocycles. The van der Waals surface area contributed by atoms with Crippen LogP contribution in [0.3, 0.4) is 0 Å². The molecule has 15 heavy (non-hydrogen) atoms. The van der Waals surface area contributed by atoms with Crippen molar-refractivity contribution in [3.63, 3.8) is 0 Å². The van der Waals surface area contributed by atoms with Crippen LogP contribution in [-0.2, 0) is 4.79 Å². The number of carbonyl (C=O) groups is 1. The highest BCUT2D eigenvalue weighted by Crippen LogP contribution is 2.26. The predicted octanol–water partition coefficient (Wildman–Crippen LogP) is 2.42. The van der Waals surface area contributed by atoms with Crippen molar-refractivity contribution in [2.75, 3.05) is 0 Å². The van der Waals surface area contributed by atoms with E-state index >= 15 is 0 Å². The van der Waals surface area contributed by atoms with Crippen LogP contribution >= 0.6 is 11.3 Å². The molecule has 2 rings (SSSR count). The second-order valence-corrected chi connectivity index (χ2v) is 3.90. The van der Waals surface area contributed by atoms with Gasteiger partial charge in [-0.3, -0.25) is 14.8 Å². The molecule has 0 amide bonds. The SMILES string of the molecule is O=CC=Cc1ccc(-c2cnccn2)s1. The van der Waals surface area contributed by atoms with E-state index in [0.717, 1.165) is 21.7 Å². The van der Waals surface area contributed by atoms with Crippen molar-refractivity contribution >= 4 is 23.7 Å². The molecule has 74 valence electrons. The first kappa shape index (κ1) is 9.73. The number of nitrogens with zero attached hydrogens (tertiary/aromatic N) is 2. The van der Waals surface area contributed by atoms with E-state index in [0.29, 0.717) is 0 Å². The molecule has 0 fully saturated rings. The highest BCUT2D eigenvalue weighted by atomic mass is 32.1. The Balaban J connectivity index is 2.28. The Bertz CT molecular complexity index is 476. The number of rotatable bonds is 3. The number of aromatic nitrogens is 2. The van der Waals surface area contributed by atoms with Gasteiger partial charge in [0.15, 0.2) is 0 Å². The second kappa shape index (κ2) is 4.61. The summed E-state index contributed by atoms with van der Waals surface area (Å²) in [5.41, 5.74) is 0.855. The summed E-state index contributed by atoms with van der Waals surface area (Å²) in [6.07, 6.45) is 9.05. The predicted molar refractivity (Wildman–Crippen MR) is 60.4 cm³/mol. The molecular weight excluding hydrogens is 208 g/mol. The number of hydrogen-bond acceptors (Lipinski definition) is 4. The van der Waals surface area contributed by atoms with E-state index in [-0.39, 0.29) is 0 Å². The number of aldehydes is 1. The summed E-state index contributed by atoms with van der Waals surface area (Å²) in [4.78, 5) is 20.4. The van der Waals surface area contributed by atoms with E-state index < -0.39 is 0 Å². The lowest BCUT2D eigenvalue weighted by atomic mass is 10.3. The summed E-state index contributed by atoms with van der Waals surface area (Å²) < 4.78 is 0. The van der Waals surface area contributed by atoms with Gasteiger partial charge in [-0.25, -0.2) is 0 Å². The van der Waals surface area contributed by atoms with Crippen LogP contribution in [0.5, 0.6) is 0 Å². The van der Waals surface area contributed by atoms with Crippen LogP contribution in [0.2, 0.25) is 0 Å². The first-order chi connectivity index (χ1) is 7.40. The zero-order valence-corrected chi connectivity index (χ0v) is 8.65. The molecule has 0 saturated heterocycles. The van der Waals surface area contributed by atoms with Gasteiger partial charge in [-0.15, -0.1) is 11.3 Å². The number of thiophene rings is 1. The third-order valence-electron chi connectivity index (χ3n) is 1.78. The second-order valence-electron chi connectivity index (χ2n) is 2.79. The summed E-state index contributed by atoms with van der Waals surface area (Å²) in [5, 5.41) is 0. The minimum atomic E-state index is 0.766. The molecule has 0 aliphatic heterocycles. The lowest BCUT2D eigenvalue weighted by Crippen LogP contribution is -1.79. The smallest absolute Gasteiger partial charge is 0.142 e. The molecule has 0 radical (unpaired) electrons. The summed E-state index contributed by atoms with van der Waals surface area (Å²) >= 11 is 1.58. The fourth-order valence-corrected chi connectivity index (χ4v) is 2.02. The quantitative estimate of drug-likeness (QED) is 0.584. The first-order valence-electron chi connectivity index (χ1n) is 4.38. The van der Waals surface area contributed by atoms with Gasteiger partial charge in [-0.05, 0) is 24.3 Å². The number of hydrogen-bond donors (Lipinski definition) is 0. The molecule has 4 heteroatoms. The Morgan fingerprint density at radius 3 is 2.93 bits per heavy atom. The van der Waals surface area contributed by atoms with Gasteiger partial charge in [0.1, 0.15) is 6.29 Å². The molecule has 0 unspecified atom stereocenters. The van der Waals surface area contributed by atoms with Crippen molar-refractivity contribution in [3.05, 3.63) is 41.7 Å². The topological polar surface area (TPSA) is 42.9 Å². The van der Waals surface area contributed by atoms with Crippen LogP contribution in [0.1, 0.15) is 4.88 Å². The average molecular weight is 216 g/mol. The highest BCUT2D eigenvalue weighted by Gasteiger charge is 2.01. The molecule has 0 N–H and O–H groups in total. The summed E-state index contributed by atoms with van der Waals surface area (Å²) in [5.74, 6) is 0. The molecule has 0 bridgehead atoms. The Morgan fingerprint density at radius 1 is 1.27 bits per heavy atom. The maximum atomic E-state index is 10.2. The van der Waals surface area contributed by atoms with Crippen LogP contribution < -0.4 is 0 Å². The van der Waals surface area contributed by atoms with Gasteiger partial charge in [-0.2, -0.15) is 0 Å². The normalized spacial score (nSPS) is 10.7. The third-order valence-corrected chi connectivity index (χ3v) is 2.85. The summed E-state index contributed by atoms with van der Waals surface area (Å²) in [6, 6.07) is 3.92. The number of allylic oxidation sites excluding steroid dienone is 1. The lowest BCUT2D eigenvalue weighted by molar-refractivity contribution is -0.104. The van der Waals surface area contributed by atoms with Crippen molar-refractivity contribution in [2.24, 2.45) is 0 Å². The Morgan fingerprint density at radius 2 is 2.20 bits per heavy atom. The molecule has 0 aliphatic rings. The standard InChI is InChI=1S/C11H8N2OS/c14-7-1-2-9-3-4-11(15-9)10-8-12-5-6-13-10/h1-8H. The fraction of sp³-hybridized carbons (Fsp3) is 0. The zero-order chi connectivity index (χ0) is 10.5. The van der Waals surface area contributed by atoms with Crippen molar-refractivity contribution in [1.82, 2.24) is 9.97 Å². The highest BCUT2D eigenvalue weighted by molar-refractivity contribution is 7.16. The van der Waals surface area contributed by atoms with Gasteiger partial charge in [0, 0.05) is 17.3 Å². The Kier molecular flexibility index (Phi) is 2.99. The van der Waals surface area contributed by atoms with E-state index in [2.05, 4.69) is 9.97 Å². The molecule has 0 spiro atoms. The van der Waals surface area contributed by atoms with Gasteiger partial charge in [0.25, 0.3) is 0 Å². The van der Waals surface area contributed by atoms with Crippen LogP contribution in [0.15, 0.2) is 36.8 Å². The monoisotopic (exact) mass is 216 g/mol. The van der Waals surface area contributed by atoms with Gasteiger partial charge in [0.2, 0.25) is 0 Å². The van der Waals surface area contributed by atoms with Gasteiger partial charge >= 0.3 is 0 Å². The lowest BCUT2D eigenvalue weighted by Gasteiger charge is -1.92. The van der Waals surface area contributed by atoms with Crippen molar-refractivity contribution in [2.45, 2.75) is 0 Å². The van der Waals surface area contributed by atoms with Gasteiger partial charge in [-0.1, -0.05) is 0 Å². The Hall–Kier alpha value is -1.81. The van der Waals surface area contributed by atoms with E-state index in [1.807, 2.05) is 12.1 Å². The minimum absolute atomic E-state index is 0.766. The first-order valence-corrected chi connectivity index (χ1v) is 5.20. The van der Waals surface area contributed by atoms with E-state index in [9.17, 15) is 4.79 Å². The molecule has 3 nitrogen and oxygen atoms in total. The fourth-order valence-electron chi connectivity index (χ4n) is 1.14. The van der Waals surface area contributed by atoms with Crippen molar-refractivity contribution in [1.29, 1.82) is 0 Å². The zero-order valence-electron chi connectivity index (χ0n) is 7.83. The number of carbonyl (C=O) groups excluding carboxylic acids is 1. The molecule has 2 aromatic rings. The molecule has 0 atom stereocenters. The third kappa shape index (κ3) is 2.35. The van der Waals surface area contributed by atoms with Gasteiger partial charge < -0.3 is 0 Å². The van der Waals surface area contributed by atoms with E-state index in [1.165, 1.54) is 6.08 Å². The van der Waals surface area contributed by atoms with Crippen LogP contribution in [-0.4, -0.2) is 16.3 Å². The molecular formula is C11H8N2OS. The summed E-state index contributed by atoms with van der Waals surface area (Å²) in [7, 11) is 0. The Labute approximate surface area is 91.1 Å². The van der Waals surface area contributed by atoms with Crippen LogP contribution in [0.4, 0.5) is 0 Å². The van der Waals surface area contributed by atoms with E-state index in [1.54, 1.807) is 36.0 Å².